The summed E-state index contributed by atoms with van der Waals surface area (Å²) >= 11 is 0. The van der Waals surface area contributed by atoms with Gasteiger partial charge in [0.1, 0.15) is 11.5 Å². The summed E-state index contributed by atoms with van der Waals surface area (Å²) in [6, 6.07) is 3.84. The van der Waals surface area contributed by atoms with Crippen molar-refractivity contribution in [2.45, 2.75) is 13.8 Å². The third kappa shape index (κ3) is 3.07. The molecule has 18 heavy (non-hydrogen) atoms. The highest BCUT2D eigenvalue weighted by Gasteiger charge is 2.05. The first-order valence-corrected chi connectivity index (χ1v) is 6.02. The molecule has 0 saturated heterocycles. The van der Waals surface area contributed by atoms with E-state index in [1.807, 2.05) is 19.1 Å². The SMILES string of the molecule is Cc1ccc(-c2cnc(NCC(C)CN)nc2)o1. The normalized spacial score (nSPS) is 12.4. The lowest BCUT2D eigenvalue weighted by molar-refractivity contribution is 0.548. The molecule has 1 atom stereocenters. The highest BCUT2D eigenvalue weighted by molar-refractivity contribution is 5.55. The fraction of sp³-hybridized carbons (Fsp3) is 0.385. The maximum atomic E-state index is 5.55. The van der Waals surface area contributed by atoms with Gasteiger partial charge in [0, 0.05) is 18.9 Å². The van der Waals surface area contributed by atoms with Crippen LogP contribution in [0.1, 0.15) is 12.7 Å². The zero-order valence-corrected chi connectivity index (χ0v) is 10.7. The van der Waals surface area contributed by atoms with Crippen molar-refractivity contribution in [1.82, 2.24) is 9.97 Å². The Morgan fingerprint density at radius 1 is 1.33 bits per heavy atom. The van der Waals surface area contributed by atoms with Crippen molar-refractivity contribution in [3.05, 3.63) is 30.3 Å². The average molecular weight is 246 g/mol. The molecule has 2 aromatic rings. The van der Waals surface area contributed by atoms with E-state index in [0.717, 1.165) is 23.6 Å². The van der Waals surface area contributed by atoms with Crippen LogP contribution in [-0.2, 0) is 0 Å². The van der Waals surface area contributed by atoms with Gasteiger partial charge in [0.05, 0.1) is 5.56 Å². The molecule has 2 heterocycles. The van der Waals surface area contributed by atoms with Gasteiger partial charge in [-0.05, 0) is 31.5 Å². The van der Waals surface area contributed by atoms with Crippen molar-refractivity contribution in [3.63, 3.8) is 0 Å². The van der Waals surface area contributed by atoms with E-state index in [9.17, 15) is 0 Å². The van der Waals surface area contributed by atoms with Gasteiger partial charge in [-0.3, -0.25) is 0 Å². The Kier molecular flexibility index (Phi) is 3.94. The zero-order valence-electron chi connectivity index (χ0n) is 10.7. The second kappa shape index (κ2) is 5.64. The molecule has 0 radical (unpaired) electrons. The number of aryl methyl sites for hydroxylation is 1. The van der Waals surface area contributed by atoms with Crippen LogP contribution in [0.3, 0.4) is 0 Å². The number of furan rings is 1. The molecule has 0 aliphatic rings. The first kappa shape index (κ1) is 12.6. The second-order valence-electron chi connectivity index (χ2n) is 4.43. The number of nitrogens with two attached hydrogens (primary N) is 1. The lowest BCUT2D eigenvalue weighted by Crippen LogP contribution is -2.20. The Labute approximate surface area is 106 Å². The predicted octanol–water partition coefficient (Wildman–Crippen LogP) is 2.05. The van der Waals surface area contributed by atoms with E-state index >= 15 is 0 Å². The second-order valence-corrected chi connectivity index (χ2v) is 4.43. The molecule has 5 nitrogen and oxygen atoms in total. The highest BCUT2D eigenvalue weighted by Crippen LogP contribution is 2.20. The number of nitrogens with zero attached hydrogens (tertiary/aromatic N) is 2. The van der Waals surface area contributed by atoms with Crippen LogP contribution < -0.4 is 11.1 Å². The number of hydrogen-bond donors (Lipinski definition) is 2. The number of aromatic nitrogens is 2. The van der Waals surface area contributed by atoms with E-state index in [0.29, 0.717) is 18.4 Å². The molecule has 0 saturated carbocycles. The zero-order chi connectivity index (χ0) is 13.0. The van der Waals surface area contributed by atoms with Gasteiger partial charge in [0.15, 0.2) is 0 Å². The molecule has 2 rings (SSSR count). The molecule has 3 N–H and O–H groups in total. The van der Waals surface area contributed by atoms with Crippen LogP contribution >= 0.6 is 0 Å². The molecule has 0 aliphatic heterocycles. The molecular formula is C13H18N4O. The van der Waals surface area contributed by atoms with Crippen LogP contribution in [-0.4, -0.2) is 23.1 Å². The third-order valence-corrected chi connectivity index (χ3v) is 2.69. The summed E-state index contributed by atoms with van der Waals surface area (Å²) in [5.41, 5.74) is 6.42. The smallest absolute Gasteiger partial charge is 0.222 e. The van der Waals surface area contributed by atoms with Crippen molar-refractivity contribution in [1.29, 1.82) is 0 Å². The Hall–Kier alpha value is -1.88. The molecular weight excluding hydrogens is 228 g/mol. The predicted molar refractivity (Wildman–Crippen MR) is 71.2 cm³/mol. The van der Waals surface area contributed by atoms with E-state index in [4.69, 9.17) is 10.2 Å². The van der Waals surface area contributed by atoms with Crippen LogP contribution in [0, 0.1) is 12.8 Å². The van der Waals surface area contributed by atoms with Gasteiger partial charge < -0.3 is 15.5 Å². The van der Waals surface area contributed by atoms with Gasteiger partial charge in [0.25, 0.3) is 0 Å². The standard InChI is InChI=1S/C13H18N4O/c1-9(5-14)6-15-13-16-7-11(8-17-13)12-4-3-10(2)18-12/h3-4,7-9H,5-6,14H2,1-2H3,(H,15,16,17). The summed E-state index contributed by atoms with van der Waals surface area (Å²) in [4.78, 5) is 8.50. The Morgan fingerprint density at radius 2 is 2.06 bits per heavy atom. The van der Waals surface area contributed by atoms with Gasteiger partial charge in [-0.15, -0.1) is 0 Å². The topological polar surface area (TPSA) is 77.0 Å². The van der Waals surface area contributed by atoms with Crippen LogP contribution in [0.25, 0.3) is 11.3 Å². The van der Waals surface area contributed by atoms with Crippen LogP contribution in [0.2, 0.25) is 0 Å². The van der Waals surface area contributed by atoms with E-state index < -0.39 is 0 Å². The molecule has 0 aromatic carbocycles. The highest BCUT2D eigenvalue weighted by atomic mass is 16.3. The molecule has 5 heteroatoms. The van der Waals surface area contributed by atoms with Crippen molar-refractivity contribution in [2.75, 3.05) is 18.4 Å². The van der Waals surface area contributed by atoms with Crippen LogP contribution in [0.15, 0.2) is 28.9 Å². The van der Waals surface area contributed by atoms with E-state index in [-0.39, 0.29) is 0 Å². The van der Waals surface area contributed by atoms with Crippen molar-refractivity contribution in [3.8, 4) is 11.3 Å². The molecule has 0 bridgehead atoms. The first-order chi connectivity index (χ1) is 8.69. The molecule has 0 spiro atoms. The monoisotopic (exact) mass is 246 g/mol. The largest absolute Gasteiger partial charge is 0.461 e. The lowest BCUT2D eigenvalue weighted by atomic mass is 10.2. The molecule has 0 fully saturated rings. The summed E-state index contributed by atoms with van der Waals surface area (Å²) in [6.07, 6.45) is 3.50. The van der Waals surface area contributed by atoms with Crippen molar-refractivity contribution >= 4 is 5.95 Å². The molecule has 96 valence electrons. The van der Waals surface area contributed by atoms with E-state index in [1.54, 1.807) is 12.4 Å². The summed E-state index contributed by atoms with van der Waals surface area (Å²) in [7, 11) is 0. The molecule has 0 amide bonds. The lowest BCUT2D eigenvalue weighted by Gasteiger charge is -2.09. The summed E-state index contributed by atoms with van der Waals surface area (Å²) < 4.78 is 5.51. The van der Waals surface area contributed by atoms with Gasteiger partial charge in [-0.25, -0.2) is 9.97 Å². The number of hydrogen-bond acceptors (Lipinski definition) is 5. The minimum Gasteiger partial charge on any atom is -0.461 e. The average Bonchev–Trinajstić information content (AvgIpc) is 2.83. The van der Waals surface area contributed by atoms with Crippen LogP contribution in [0.5, 0.6) is 0 Å². The van der Waals surface area contributed by atoms with E-state index in [2.05, 4.69) is 22.2 Å². The molecule has 2 aromatic heterocycles. The fourth-order valence-electron chi connectivity index (χ4n) is 1.49. The number of anilines is 1. The quantitative estimate of drug-likeness (QED) is 0.844. The van der Waals surface area contributed by atoms with Crippen molar-refractivity contribution < 1.29 is 4.42 Å². The maximum Gasteiger partial charge on any atom is 0.222 e. The molecule has 1 unspecified atom stereocenters. The van der Waals surface area contributed by atoms with Gasteiger partial charge >= 0.3 is 0 Å². The van der Waals surface area contributed by atoms with Crippen molar-refractivity contribution in [2.24, 2.45) is 11.7 Å². The Bertz CT molecular complexity index is 492. The maximum absolute atomic E-state index is 5.55. The minimum absolute atomic E-state index is 0.404. The Balaban J connectivity index is 2.01. The van der Waals surface area contributed by atoms with Gasteiger partial charge in [0.2, 0.25) is 5.95 Å². The summed E-state index contributed by atoms with van der Waals surface area (Å²) in [5, 5.41) is 3.15. The third-order valence-electron chi connectivity index (χ3n) is 2.69. The number of nitrogens with one attached hydrogen (secondary N) is 1. The molecule has 0 aliphatic carbocycles. The minimum atomic E-state index is 0.404. The van der Waals surface area contributed by atoms with Crippen LogP contribution in [0.4, 0.5) is 5.95 Å². The Morgan fingerprint density at radius 3 is 2.61 bits per heavy atom. The summed E-state index contributed by atoms with van der Waals surface area (Å²) in [6.45, 7) is 5.41. The summed E-state index contributed by atoms with van der Waals surface area (Å²) in [5.74, 6) is 2.68. The van der Waals surface area contributed by atoms with Gasteiger partial charge in [-0.1, -0.05) is 6.92 Å². The first-order valence-electron chi connectivity index (χ1n) is 6.02. The number of rotatable bonds is 5. The van der Waals surface area contributed by atoms with Gasteiger partial charge in [-0.2, -0.15) is 0 Å². The fourth-order valence-corrected chi connectivity index (χ4v) is 1.49. The van der Waals surface area contributed by atoms with E-state index in [1.165, 1.54) is 0 Å².